The Balaban J connectivity index is 2.86. The first-order valence-electron chi connectivity index (χ1n) is 6.53. The molecule has 1 rings (SSSR count). The van der Waals surface area contributed by atoms with E-state index < -0.39 is 0 Å². The zero-order chi connectivity index (χ0) is 13.5. The van der Waals surface area contributed by atoms with E-state index in [2.05, 4.69) is 26.1 Å². The summed E-state index contributed by atoms with van der Waals surface area (Å²) in [5.41, 5.74) is 0.773. The van der Waals surface area contributed by atoms with Gasteiger partial charge < -0.3 is 10.1 Å². The van der Waals surface area contributed by atoms with E-state index in [1.807, 2.05) is 12.1 Å². The molecule has 1 aromatic rings. The molecule has 0 bridgehead atoms. The van der Waals surface area contributed by atoms with Gasteiger partial charge in [-0.25, -0.2) is 4.39 Å². The Kier molecular flexibility index (Phi) is 6.30. The fraction of sp³-hybridized carbons (Fsp3) is 0.600. The molecular formula is C15H24FNO. The maximum Gasteiger partial charge on any atom is 0.126 e. The lowest BCUT2D eigenvalue weighted by molar-refractivity contribution is 0.144. The Morgan fingerprint density at radius 1 is 1.22 bits per heavy atom. The summed E-state index contributed by atoms with van der Waals surface area (Å²) in [7, 11) is 1.69. The van der Waals surface area contributed by atoms with E-state index >= 15 is 0 Å². The van der Waals surface area contributed by atoms with Gasteiger partial charge in [-0.1, -0.05) is 39.0 Å². The van der Waals surface area contributed by atoms with Crippen molar-refractivity contribution < 1.29 is 9.13 Å². The quantitative estimate of drug-likeness (QED) is 0.805. The maximum atomic E-state index is 13.9. The number of hydrogen-bond acceptors (Lipinski definition) is 2. The summed E-state index contributed by atoms with van der Waals surface area (Å²) in [5, 5.41) is 3.39. The monoisotopic (exact) mass is 253 g/mol. The van der Waals surface area contributed by atoms with Gasteiger partial charge in [0.1, 0.15) is 5.82 Å². The fourth-order valence-corrected chi connectivity index (χ4v) is 2.14. The smallest absolute Gasteiger partial charge is 0.126 e. The molecule has 0 aromatic heterocycles. The number of halogens is 1. The molecule has 0 amide bonds. The largest absolute Gasteiger partial charge is 0.384 e. The molecule has 1 N–H and O–H groups in total. The Hall–Kier alpha value is -0.930. The minimum absolute atomic E-state index is 0.129. The molecular weight excluding hydrogens is 229 g/mol. The van der Waals surface area contributed by atoms with Crippen molar-refractivity contribution in [2.24, 2.45) is 5.92 Å². The number of ether oxygens (including phenoxy) is 1. The zero-order valence-corrected chi connectivity index (χ0v) is 11.7. The molecule has 0 saturated heterocycles. The van der Waals surface area contributed by atoms with Crippen LogP contribution in [0.15, 0.2) is 24.3 Å². The average Bonchev–Trinajstić information content (AvgIpc) is 2.31. The van der Waals surface area contributed by atoms with Crippen LogP contribution in [0.5, 0.6) is 0 Å². The Morgan fingerprint density at radius 3 is 2.44 bits per heavy atom. The summed E-state index contributed by atoms with van der Waals surface area (Å²) in [6.07, 6.45) is 0. The molecule has 0 heterocycles. The molecule has 3 heteroatoms. The van der Waals surface area contributed by atoms with Crippen LogP contribution in [0.4, 0.5) is 4.39 Å². The molecule has 2 unspecified atom stereocenters. The van der Waals surface area contributed by atoms with Crippen molar-refractivity contribution in [2.75, 3.05) is 20.3 Å². The van der Waals surface area contributed by atoms with Crippen LogP contribution in [-0.2, 0) is 4.74 Å². The second kappa shape index (κ2) is 7.49. The van der Waals surface area contributed by atoms with E-state index in [4.69, 9.17) is 4.74 Å². The molecule has 2 nitrogen and oxygen atoms in total. The van der Waals surface area contributed by atoms with Gasteiger partial charge >= 0.3 is 0 Å². The zero-order valence-electron chi connectivity index (χ0n) is 11.7. The van der Waals surface area contributed by atoms with E-state index in [-0.39, 0.29) is 17.7 Å². The maximum absolute atomic E-state index is 13.9. The van der Waals surface area contributed by atoms with Crippen LogP contribution < -0.4 is 5.32 Å². The first-order valence-corrected chi connectivity index (χ1v) is 6.53. The van der Waals surface area contributed by atoms with Gasteiger partial charge in [-0.15, -0.1) is 0 Å². The summed E-state index contributed by atoms with van der Waals surface area (Å²) >= 11 is 0. The van der Waals surface area contributed by atoms with Gasteiger partial charge in [-0.3, -0.25) is 0 Å². The molecule has 18 heavy (non-hydrogen) atoms. The van der Waals surface area contributed by atoms with Crippen molar-refractivity contribution in [1.29, 1.82) is 0 Å². The number of hydrogen-bond donors (Lipinski definition) is 1. The van der Waals surface area contributed by atoms with Crippen LogP contribution in [0.3, 0.4) is 0 Å². The van der Waals surface area contributed by atoms with Gasteiger partial charge in [0.25, 0.3) is 0 Å². The van der Waals surface area contributed by atoms with Crippen LogP contribution in [-0.4, -0.2) is 26.3 Å². The molecule has 0 aliphatic carbocycles. The third-order valence-corrected chi connectivity index (χ3v) is 3.17. The van der Waals surface area contributed by atoms with Crippen molar-refractivity contribution in [3.8, 4) is 0 Å². The van der Waals surface area contributed by atoms with Crippen molar-refractivity contribution in [2.45, 2.75) is 32.7 Å². The van der Waals surface area contributed by atoms with Crippen LogP contribution in [0.1, 0.15) is 32.3 Å². The number of methoxy groups -OCH3 is 1. The standard InChI is InChI=1S/C15H24FNO/c1-11(2)17-9-14(12(3)10-18-4)13-7-5-6-8-15(13)16/h5-8,11-12,14,17H,9-10H2,1-4H3. The fourth-order valence-electron chi connectivity index (χ4n) is 2.14. The van der Waals surface area contributed by atoms with Crippen LogP contribution >= 0.6 is 0 Å². The van der Waals surface area contributed by atoms with Crippen LogP contribution in [0.2, 0.25) is 0 Å². The van der Waals surface area contributed by atoms with Crippen LogP contribution in [0, 0.1) is 11.7 Å². The normalized spacial score (nSPS) is 14.8. The van der Waals surface area contributed by atoms with Gasteiger partial charge in [0.2, 0.25) is 0 Å². The van der Waals surface area contributed by atoms with Crippen molar-refractivity contribution >= 4 is 0 Å². The van der Waals surface area contributed by atoms with Gasteiger partial charge in [0.15, 0.2) is 0 Å². The highest BCUT2D eigenvalue weighted by atomic mass is 19.1. The second-order valence-electron chi connectivity index (χ2n) is 5.12. The molecule has 0 aliphatic rings. The van der Waals surface area contributed by atoms with Gasteiger partial charge in [0.05, 0.1) is 0 Å². The van der Waals surface area contributed by atoms with Crippen molar-refractivity contribution in [1.82, 2.24) is 5.32 Å². The summed E-state index contributed by atoms with van der Waals surface area (Å²) in [4.78, 5) is 0. The summed E-state index contributed by atoms with van der Waals surface area (Å²) in [6.45, 7) is 7.70. The van der Waals surface area contributed by atoms with Gasteiger partial charge in [-0.2, -0.15) is 0 Å². The minimum atomic E-state index is -0.129. The second-order valence-corrected chi connectivity index (χ2v) is 5.12. The summed E-state index contributed by atoms with van der Waals surface area (Å²) in [5.74, 6) is 0.280. The lowest BCUT2D eigenvalue weighted by Crippen LogP contribution is -2.32. The number of benzene rings is 1. The molecule has 102 valence electrons. The van der Waals surface area contributed by atoms with Crippen molar-refractivity contribution in [3.63, 3.8) is 0 Å². The Bertz CT molecular complexity index is 354. The SMILES string of the molecule is COCC(C)C(CNC(C)C)c1ccccc1F. The molecule has 0 spiro atoms. The van der Waals surface area contributed by atoms with Gasteiger partial charge in [-0.05, 0) is 17.5 Å². The van der Waals surface area contributed by atoms with E-state index in [0.717, 1.165) is 12.1 Å². The average molecular weight is 253 g/mol. The highest BCUT2D eigenvalue weighted by Crippen LogP contribution is 2.26. The van der Waals surface area contributed by atoms with E-state index in [0.29, 0.717) is 12.6 Å². The molecule has 0 saturated carbocycles. The number of nitrogens with one attached hydrogen (secondary N) is 1. The molecule has 2 atom stereocenters. The predicted molar refractivity (Wildman–Crippen MR) is 73.3 cm³/mol. The van der Waals surface area contributed by atoms with E-state index in [9.17, 15) is 4.39 Å². The predicted octanol–water partition coefficient (Wildman–Crippen LogP) is 3.19. The van der Waals surface area contributed by atoms with Crippen molar-refractivity contribution in [3.05, 3.63) is 35.6 Å². The Labute approximate surface area is 110 Å². The molecule has 0 aliphatic heterocycles. The number of rotatable bonds is 7. The first-order chi connectivity index (χ1) is 8.56. The van der Waals surface area contributed by atoms with Gasteiger partial charge in [0, 0.05) is 32.2 Å². The minimum Gasteiger partial charge on any atom is -0.384 e. The molecule has 1 aromatic carbocycles. The highest BCUT2D eigenvalue weighted by molar-refractivity contribution is 5.23. The lowest BCUT2D eigenvalue weighted by Gasteiger charge is -2.25. The summed E-state index contributed by atoms with van der Waals surface area (Å²) in [6, 6.07) is 7.41. The molecule has 0 radical (unpaired) electrons. The molecule has 0 fully saturated rings. The highest BCUT2D eigenvalue weighted by Gasteiger charge is 2.22. The van der Waals surface area contributed by atoms with E-state index in [1.165, 1.54) is 6.07 Å². The lowest BCUT2D eigenvalue weighted by atomic mass is 9.87. The topological polar surface area (TPSA) is 21.3 Å². The first kappa shape index (κ1) is 15.1. The van der Waals surface area contributed by atoms with Crippen LogP contribution in [0.25, 0.3) is 0 Å². The third-order valence-electron chi connectivity index (χ3n) is 3.17. The Morgan fingerprint density at radius 2 is 1.89 bits per heavy atom. The summed E-state index contributed by atoms with van der Waals surface area (Å²) < 4.78 is 19.1. The third kappa shape index (κ3) is 4.39. The van der Waals surface area contributed by atoms with E-state index in [1.54, 1.807) is 13.2 Å².